The quantitative estimate of drug-likeness (QED) is 0.732. The van der Waals surface area contributed by atoms with Crippen LogP contribution in [0.3, 0.4) is 0 Å². The maximum Gasteiger partial charge on any atom is 0.339 e. The highest BCUT2D eigenvalue weighted by Crippen LogP contribution is 2.33. The Bertz CT molecular complexity index is 479. The zero-order chi connectivity index (χ0) is 15.2. The second-order valence-corrected chi connectivity index (χ2v) is 5.07. The minimum absolute atomic E-state index is 0.273. The first kappa shape index (κ1) is 15.4. The molecule has 1 aliphatic carbocycles. The van der Waals surface area contributed by atoms with E-state index >= 15 is 0 Å². The number of carbonyl (C=O) groups excluding carboxylic acids is 2. The normalized spacial score (nSPS) is 19.0. The number of carbonyl (C=O) groups is 2. The molecule has 0 N–H and O–H groups in total. The highest BCUT2D eigenvalue weighted by atomic mass is 16.5. The predicted octanol–water partition coefficient (Wildman–Crippen LogP) is 2.78. The molecule has 0 radical (unpaired) electrons. The van der Waals surface area contributed by atoms with Crippen molar-refractivity contribution in [2.24, 2.45) is 0 Å². The van der Waals surface area contributed by atoms with Gasteiger partial charge in [0.25, 0.3) is 0 Å². The topological polar surface area (TPSA) is 61.8 Å². The summed E-state index contributed by atoms with van der Waals surface area (Å²) < 4.78 is 15.1. The van der Waals surface area contributed by atoms with Gasteiger partial charge in [-0.2, -0.15) is 0 Å². The Kier molecular flexibility index (Phi) is 5.20. The van der Waals surface area contributed by atoms with Gasteiger partial charge in [-0.25, -0.2) is 9.59 Å². The molecular formula is C16H20O5. The van der Waals surface area contributed by atoms with Crippen LogP contribution >= 0.6 is 0 Å². The van der Waals surface area contributed by atoms with Crippen molar-refractivity contribution in [1.82, 2.24) is 0 Å². The number of hydrogen-bond acceptors (Lipinski definition) is 5. The highest BCUT2D eigenvalue weighted by Gasteiger charge is 2.30. The number of methoxy groups -OCH3 is 2. The van der Waals surface area contributed by atoms with E-state index in [-0.39, 0.29) is 11.1 Å². The van der Waals surface area contributed by atoms with Crippen LogP contribution in [0, 0.1) is 0 Å². The molecule has 1 heterocycles. The molecule has 21 heavy (non-hydrogen) atoms. The molecule has 0 fully saturated rings. The lowest BCUT2D eigenvalue weighted by Gasteiger charge is -2.16. The molecule has 2 rings (SSSR count). The van der Waals surface area contributed by atoms with Crippen molar-refractivity contribution in [3.63, 3.8) is 0 Å². The molecule has 5 heteroatoms. The molecule has 0 aromatic heterocycles. The molecule has 5 nitrogen and oxygen atoms in total. The summed E-state index contributed by atoms with van der Waals surface area (Å²) in [6, 6.07) is 0. The lowest BCUT2D eigenvalue weighted by Crippen LogP contribution is -2.18. The molecule has 0 saturated heterocycles. The monoisotopic (exact) mass is 292 g/mol. The summed E-state index contributed by atoms with van der Waals surface area (Å²) in [6.07, 6.45) is 8.48. The minimum Gasteiger partial charge on any atom is -0.472 e. The van der Waals surface area contributed by atoms with Crippen LogP contribution in [0.2, 0.25) is 0 Å². The number of esters is 2. The van der Waals surface area contributed by atoms with Gasteiger partial charge in [-0.05, 0) is 25.7 Å². The maximum absolute atomic E-state index is 12.2. The highest BCUT2D eigenvalue weighted by molar-refractivity contribution is 6.06. The molecule has 0 aromatic carbocycles. The molecule has 0 saturated carbocycles. The fourth-order valence-electron chi connectivity index (χ4n) is 2.66. The Morgan fingerprint density at radius 3 is 1.67 bits per heavy atom. The molecule has 0 spiro atoms. The second kappa shape index (κ2) is 7.11. The fourth-order valence-corrected chi connectivity index (χ4v) is 2.66. The van der Waals surface area contributed by atoms with E-state index in [0.717, 1.165) is 25.7 Å². The molecule has 2 bridgehead atoms. The third-order valence-electron chi connectivity index (χ3n) is 3.73. The van der Waals surface area contributed by atoms with Gasteiger partial charge in [0.1, 0.15) is 0 Å². The van der Waals surface area contributed by atoms with Crippen molar-refractivity contribution < 1.29 is 23.8 Å². The number of hydrogen-bond donors (Lipinski definition) is 0. The van der Waals surface area contributed by atoms with Crippen molar-refractivity contribution in [3.05, 3.63) is 34.8 Å². The molecule has 114 valence electrons. The van der Waals surface area contributed by atoms with Crippen LogP contribution in [0.15, 0.2) is 34.8 Å². The van der Waals surface area contributed by atoms with Gasteiger partial charge in [0.2, 0.25) is 0 Å². The van der Waals surface area contributed by atoms with Crippen molar-refractivity contribution >= 4 is 11.9 Å². The SMILES string of the molecule is COC(=O)C1=C(C(=O)OC)C2=COC=C1CCCCCC2. The molecule has 0 amide bonds. The Morgan fingerprint density at radius 1 is 0.857 bits per heavy atom. The van der Waals surface area contributed by atoms with Gasteiger partial charge in [-0.3, -0.25) is 0 Å². The van der Waals surface area contributed by atoms with E-state index in [0.29, 0.717) is 24.0 Å². The third-order valence-corrected chi connectivity index (χ3v) is 3.73. The Balaban J connectivity index is 2.60. The lowest BCUT2D eigenvalue weighted by atomic mass is 9.89. The number of rotatable bonds is 2. The largest absolute Gasteiger partial charge is 0.472 e. The summed E-state index contributed by atoms with van der Waals surface area (Å²) in [6.45, 7) is 0. The van der Waals surface area contributed by atoms with Crippen molar-refractivity contribution in [3.8, 4) is 0 Å². The van der Waals surface area contributed by atoms with Crippen molar-refractivity contribution in [1.29, 1.82) is 0 Å². The van der Waals surface area contributed by atoms with Crippen molar-refractivity contribution in [2.45, 2.75) is 38.5 Å². The molecule has 0 unspecified atom stereocenters. The predicted molar refractivity (Wildman–Crippen MR) is 76.0 cm³/mol. The van der Waals surface area contributed by atoms with E-state index in [9.17, 15) is 9.59 Å². The van der Waals surface area contributed by atoms with E-state index in [1.807, 2.05) is 0 Å². The van der Waals surface area contributed by atoms with Gasteiger partial charge < -0.3 is 14.2 Å². The van der Waals surface area contributed by atoms with Crippen LogP contribution in [0.25, 0.3) is 0 Å². The number of fused-ring (bicyclic) bond motifs is 2. The van der Waals surface area contributed by atoms with Gasteiger partial charge in [-0.1, -0.05) is 12.8 Å². The van der Waals surface area contributed by atoms with Gasteiger partial charge in [0.15, 0.2) is 0 Å². The van der Waals surface area contributed by atoms with Crippen LogP contribution < -0.4 is 0 Å². The first-order valence-corrected chi connectivity index (χ1v) is 7.14. The molecule has 2 aliphatic rings. The van der Waals surface area contributed by atoms with Gasteiger partial charge in [-0.15, -0.1) is 0 Å². The third kappa shape index (κ3) is 3.35. The average molecular weight is 292 g/mol. The van der Waals surface area contributed by atoms with Crippen molar-refractivity contribution in [2.75, 3.05) is 14.2 Å². The van der Waals surface area contributed by atoms with E-state index in [1.54, 1.807) is 0 Å². The van der Waals surface area contributed by atoms with E-state index in [2.05, 4.69) is 0 Å². The summed E-state index contributed by atoms with van der Waals surface area (Å²) >= 11 is 0. The lowest BCUT2D eigenvalue weighted by molar-refractivity contribution is -0.139. The summed E-state index contributed by atoms with van der Waals surface area (Å²) in [5, 5.41) is 0. The van der Waals surface area contributed by atoms with Crippen LogP contribution in [0.4, 0.5) is 0 Å². The van der Waals surface area contributed by atoms with Crippen LogP contribution in [0.5, 0.6) is 0 Å². The molecular weight excluding hydrogens is 272 g/mol. The maximum atomic E-state index is 12.2. The minimum atomic E-state index is -0.529. The molecule has 0 aromatic rings. The Morgan fingerprint density at radius 2 is 1.29 bits per heavy atom. The zero-order valence-corrected chi connectivity index (χ0v) is 12.4. The van der Waals surface area contributed by atoms with Gasteiger partial charge >= 0.3 is 11.9 Å². The first-order chi connectivity index (χ1) is 10.2. The molecule has 0 atom stereocenters. The molecule has 1 aliphatic heterocycles. The zero-order valence-electron chi connectivity index (χ0n) is 12.4. The average Bonchev–Trinajstić information content (AvgIpc) is 2.71. The summed E-state index contributed by atoms with van der Waals surface area (Å²) in [5.41, 5.74) is 1.93. The summed E-state index contributed by atoms with van der Waals surface area (Å²) in [7, 11) is 2.62. The smallest absolute Gasteiger partial charge is 0.339 e. The standard InChI is InChI=1S/C16H20O5/c1-19-15(17)13-11-7-5-3-4-6-8-12(10-21-9-11)14(13)16(18)20-2/h9-10H,3-8H2,1-2H3. The summed E-state index contributed by atoms with van der Waals surface area (Å²) in [4.78, 5) is 24.4. The fraction of sp³-hybridized carbons (Fsp3) is 0.500. The van der Waals surface area contributed by atoms with E-state index in [1.165, 1.54) is 26.7 Å². The first-order valence-electron chi connectivity index (χ1n) is 7.14. The van der Waals surface area contributed by atoms with Gasteiger partial charge in [0.05, 0.1) is 37.9 Å². The van der Waals surface area contributed by atoms with Crippen LogP contribution in [-0.4, -0.2) is 26.2 Å². The van der Waals surface area contributed by atoms with Gasteiger partial charge in [0, 0.05) is 11.1 Å². The second-order valence-electron chi connectivity index (χ2n) is 5.07. The van der Waals surface area contributed by atoms with E-state index in [4.69, 9.17) is 14.2 Å². The van der Waals surface area contributed by atoms with Crippen LogP contribution in [-0.2, 0) is 23.8 Å². The Labute approximate surface area is 124 Å². The Hall–Kier alpha value is -2.04. The van der Waals surface area contributed by atoms with E-state index < -0.39 is 11.9 Å². The summed E-state index contributed by atoms with van der Waals surface area (Å²) in [5.74, 6) is -1.06. The number of ether oxygens (including phenoxy) is 3. The van der Waals surface area contributed by atoms with Crippen LogP contribution in [0.1, 0.15) is 38.5 Å².